The van der Waals surface area contributed by atoms with Crippen molar-refractivity contribution < 1.29 is 14.0 Å². The smallest absolute Gasteiger partial charge is 0.216 e. The van der Waals surface area contributed by atoms with Gasteiger partial charge in [-0.15, -0.1) is 6.58 Å². The van der Waals surface area contributed by atoms with Crippen LogP contribution in [0.3, 0.4) is 0 Å². The first-order valence-corrected chi connectivity index (χ1v) is 15.2. The number of aryl methyl sites for hydroxylation is 1. The summed E-state index contributed by atoms with van der Waals surface area (Å²) in [6.07, 6.45) is 22.6. The van der Waals surface area contributed by atoms with Crippen molar-refractivity contribution in [3.05, 3.63) is 95.9 Å². The van der Waals surface area contributed by atoms with E-state index >= 15 is 0 Å². The van der Waals surface area contributed by atoms with Crippen LogP contribution in [0.4, 0.5) is 4.39 Å². The summed E-state index contributed by atoms with van der Waals surface area (Å²) in [4.78, 5) is 22.4. The van der Waals surface area contributed by atoms with Gasteiger partial charge in [0, 0.05) is 26.3 Å². The Morgan fingerprint density at radius 3 is 2.22 bits per heavy atom. The summed E-state index contributed by atoms with van der Waals surface area (Å²) in [7, 11) is 0. The molecule has 1 atom stereocenters. The highest BCUT2D eigenvalue weighted by Crippen LogP contribution is 2.25. The van der Waals surface area contributed by atoms with Gasteiger partial charge in [-0.2, -0.15) is 0 Å². The number of nitrogens with one attached hydrogen (secondary N) is 1. The highest BCUT2D eigenvalue weighted by Gasteiger charge is 2.12. The average Bonchev–Trinajstić information content (AvgIpc) is 3.25. The van der Waals surface area contributed by atoms with Gasteiger partial charge in [-0.25, -0.2) is 4.39 Å². The lowest BCUT2D eigenvalue weighted by molar-refractivity contribution is -0.119. The third kappa shape index (κ3) is 25.6. The number of benzene rings is 1. The molecule has 1 aliphatic carbocycles. The van der Waals surface area contributed by atoms with Crippen LogP contribution in [-0.4, -0.2) is 24.8 Å². The van der Waals surface area contributed by atoms with Crippen molar-refractivity contribution in [2.24, 2.45) is 11.7 Å². The van der Waals surface area contributed by atoms with Crippen molar-refractivity contribution in [1.29, 1.82) is 0 Å². The first kappa shape index (κ1) is 40.1. The van der Waals surface area contributed by atoms with Gasteiger partial charge in [-0.1, -0.05) is 80.5 Å². The summed E-state index contributed by atoms with van der Waals surface area (Å²) in [5.74, 6) is 0.575. The van der Waals surface area contributed by atoms with Crippen LogP contribution in [0.5, 0.6) is 0 Å². The zero-order chi connectivity index (χ0) is 31.3. The van der Waals surface area contributed by atoms with Crippen LogP contribution >= 0.6 is 0 Å². The Kier molecular flexibility index (Phi) is 27.8. The summed E-state index contributed by atoms with van der Waals surface area (Å²) in [6.45, 7) is 16.6. The second-order valence-electron chi connectivity index (χ2n) is 9.77. The number of allylic oxidation sites excluding steroid dienone is 8. The van der Waals surface area contributed by atoms with Crippen molar-refractivity contribution in [2.75, 3.05) is 13.1 Å². The van der Waals surface area contributed by atoms with E-state index in [4.69, 9.17) is 5.73 Å². The number of carbonyl (C=O) groups is 2. The molecule has 1 aliphatic rings. The lowest BCUT2D eigenvalue weighted by Gasteiger charge is -2.17. The van der Waals surface area contributed by atoms with Gasteiger partial charge in [0.1, 0.15) is 11.6 Å². The third-order valence-electron chi connectivity index (χ3n) is 6.14. The summed E-state index contributed by atoms with van der Waals surface area (Å²) in [6, 6.07) is 6.40. The maximum absolute atomic E-state index is 12.9. The fraction of sp³-hybridized carbons (Fsp3) is 0.500. The number of hydrogen-bond acceptors (Lipinski definition) is 3. The summed E-state index contributed by atoms with van der Waals surface area (Å²) >= 11 is 0. The highest BCUT2D eigenvalue weighted by molar-refractivity contribution is 5.78. The Labute approximate surface area is 250 Å². The Hall–Kier alpha value is -3.05. The van der Waals surface area contributed by atoms with Crippen LogP contribution in [0.2, 0.25) is 0 Å². The van der Waals surface area contributed by atoms with E-state index in [1.54, 1.807) is 12.1 Å². The number of hydrogen-bond donors (Lipinski definition) is 2. The van der Waals surface area contributed by atoms with Gasteiger partial charge in [-0.05, 0) is 95.0 Å². The van der Waals surface area contributed by atoms with Gasteiger partial charge >= 0.3 is 0 Å². The molecule has 0 aromatic heterocycles. The van der Waals surface area contributed by atoms with E-state index in [1.165, 1.54) is 24.6 Å². The second-order valence-corrected chi connectivity index (χ2v) is 9.77. The summed E-state index contributed by atoms with van der Waals surface area (Å²) in [5.41, 5.74) is 9.28. The van der Waals surface area contributed by atoms with Gasteiger partial charge in [0.2, 0.25) is 5.91 Å². The highest BCUT2D eigenvalue weighted by atomic mass is 19.1. The quantitative estimate of drug-likeness (QED) is 0.174. The number of unbranched alkanes of at least 4 members (excludes halogenated alkanes) is 1. The predicted octanol–water partition coefficient (Wildman–Crippen LogP) is 8.99. The minimum Gasteiger partial charge on any atom is -0.356 e. The van der Waals surface area contributed by atoms with Crippen molar-refractivity contribution in [2.45, 2.75) is 99.3 Å². The minimum absolute atomic E-state index is 0.0243. The van der Waals surface area contributed by atoms with Crippen molar-refractivity contribution in [1.82, 2.24) is 5.32 Å². The molecule has 2 rings (SSSR count). The van der Waals surface area contributed by atoms with Crippen LogP contribution in [0, 0.1) is 11.7 Å². The van der Waals surface area contributed by atoms with E-state index in [-0.39, 0.29) is 11.7 Å². The van der Waals surface area contributed by atoms with Gasteiger partial charge in [0.15, 0.2) is 0 Å². The van der Waals surface area contributed by atoms with Gasteiger partial charge < -0.3 is 11.1 Å². The molecule has 0 spiro atoms. The molecule has 230 valence electrons. The number of Topliss-reactive ketones (excluding diaryl/α,β-unsaturated/α-hetero) is 1. The standard InChI is InChI=1S/C23H30FNO.C7H13NO.C4H8.C2H6/c24-22-14-11-19(12-15-22)13-16-23(26)10-6-5-9-21(17-18-25)20-7-3-1-2-4-8-20;1-6(2)4-5-8-7(3)9;1-3-4-2;1-2/h1-3,7-8,11-12,14-15,21H,4-6,9-10,13,16-18,25H2;1,4-5H2,2-3H3,(H,8,9);3-4H,1-2H3;1-2H3/b;;4-3-;. The molecule has 41 heavy (non-hydrogen) atoms. The van der Waals surface area contributed by atoms with Crippen LogP contribution in [0.1, 0.15) is 98.5 Å². The molecule has 0 radical (unpaired) electrons. The minimum atomic E-state index is -0.235. The molecule has 1 amide bonds. The molecule has 0 saturated heterocycles. The van der Waals surface area contributed by atoms with E-state index in [0.29, 0.717) is 44.1 Å². The maximum Gasteiger partial charge on any atom is 0.216 e. The molecular formula is C36H57FN2O2. The lowest BCUT2D eigenvalue weighted by atomic mass is 9.89. The van der Waals surface area contributed by atoms with E-state index in [2.05, 4.69) is 42.3 Å². The van der Waals surface area contributed by atoms with Crippen molar-refractivity contribution >= 4 is 11.7 Å². The van der Waals surface area contributed by atoms with Gasteiger partial charge in [0.05, 0.1) is 0 Å². The predicted molar refractivity (Wildman–Crippen MR) is 176 cm³/mol. The SMILES string of the molecule is C/C=C\C.C=C(C)CCNC(C)=O.CC.NCCC(CCCCC(=O)CCc1ccc(F)cc1)C1=CCC=CC=C1. The Balaban J connectivity index is 0. The zero-order valence-corrected chi connectivity index (χ0v) is 26.7. The molecule has 0 aliphatic heterocycles. The van der Waals surface area contributed by atoms with Crippen LogP contribution < -0.4 is 11.1 Å². The number of rotatable bonds is 14. The molecule has 5 heteroatoms. The Morgan fingerprint density at radius 2 is 1.66 bits per heavy atom. The van der Waals surface area contributed by atoms with Crippen molar-refractivity contribution in [3.8, 4) is 0 Å². The number of amides is 1. The second kappa shape index (κ2) is 28.5. The van der Waals surface area contributed by atoms with Crippen LogP contribution in [-0.2, 0) is 16.0 Å². The molecular weight excluding hydrogens is 511 g/mol. The number of ketones is 1. The first-order valence-electron chi connectivity index (χ1n) is 15.2. The van der Waals surface area contributed by atoms with E-state index in [9.17, 15) is 14.0 Å². The molecule has 0 heterocycles. The van der Waals surface area contributed by atoms with Crippen LogP contribution in [0.15, 0.2) is 84.5 Å². The molecule has 0 bridgehead atoms. The molecule has 0 fully saturated rings. The van der Waals surface area contributed by atoms with Crippen LogP contribution in [0.25, 0.3) is 0 Å². The number of carbonyl (C=O) groups excluding carboxylic acids is 2. The summed E-state index contributed by atoms with van der Waals surface area (Å²) in [5, 5.41) is 2.68. The van der Waals surface area contributed by atoms with Crippen molar-refractivity contribution in [3.63, 3.8) is 0 Å². The maximum atomic E-state index is 12.9. The number of halogens is 1. The number of nitrogens with two attached hydrogens (primary N) is 1. The Morgan fingerprint density at radius 1 is 1.00 bits per heavy atom. The molecule has 1 unspecified atom stereocenters. The molecule has 3 N–H and O–H groups in total. The largest absolute Gasteiger partial charge is 0.356 e. The van der Waals surface area contributed by atoms with Gasteiger partial charge in [0.25, 0.3) is 0 Å². The fourth-order valence-corrected chi connectivity index (χ4v) is 3.80. The molecule has 0 saturated carbocycles. The van der Waals surface area contributed by atoms with Gasteiger partial charge in [-0.3, -0.25) is 9.59 Å². The molecule has 1 aromatic rings. The van der Waals surface area contributed by atoms with E-state index in [0.717, 1.165) is 49.7 Å². The monoisotopic (exact) mass is 568 g/mol. The third-order valence-corrected chi connectivity index (χ3v) is 6.14. The molecule has 1 aromatic carbocycles. The zero-order valence-electron chi connectivity index (χ0n) is 26.7. The topological polar surface area (TPSA) is 72.2 Å². The Bertz CT molecular complexity index is 925. The first-order chi connectivity index (χ1) is 19.7. The molecule has 4 nitrogen and oxygen atoms in total. The average molecular weight is 569 g/mol. The summed E-state index contributed by atoms with van der Waals surface area (Å²) < 4.78 is 12.9. The van der Waals surface area contributed by atoms with E-state index < -0.39 is 0 Å². The fourth-order valence-electron chi connectivity index (χ4n) is 3.80. The van der Waals surface area contributed by atoms with E-state index in [1.807, 2.05) is 46.8 Å². The lowest BCUT2D eigenvalue weighted by Crippen LogP contribution is -2.20. The normalized spacial score (nSPS) is 12.3.